The number of hydrogen-bond donors (Lipinski definition) is 1. The standard InChI is InChI=1S/C10H14N2OS2/c1-6-5-14-10(11-6)15-7(2)9(13)12-8-3-4-8/h5,7-8H,3-4H2,1-2H3,(H,12,13)/t7-/m0/s1. The van der Waals surface area contributed by atoms with E-state index in [0.717, 1.165) is 22.9 Å². The summed E-state index contributed by atoms with van der Waals surface area (Å²) in [5.41, 5.74) is 1.03. The van der Waals surface area contributed by atoms with Gasteiger partial charge in [0.2, 0.25) is 5.91 Å². The molecule has 2 rings (SSSR count). The molecule has 15 heavy (non-hydrogen) atoms. The molecule has 3 nitrogen and oxygen atoms in total. The topological polar surface area (TPSA) is 42.0 Å². The molecule has 0 saturated heterocycles. The van der Waals surface area contributed by atoms with Crippen molar-refractivity contribution in [2.24, 2.45) is 0 Å². The van der Waals surface area contributed by atoms with Crippen molar-refractivity contribution in [2.75, 3.05) is 0 Å². The fourth-order valence-electron chi connectivity index (χ4n) is 1.14. The molecule has 1 N–H and O–H groups in total. The molecule has 1 aromatic rings. The Hall–Kier alpha value is -0.550. The first-order valence-electron chi connectivity index (χ1n) is 5.04. The normalized spacial score (nSPS) is 17.5. The van der Waals surface area contributed by atoms with Gasteiger partial charge in [-0.05, 0) is 26.7 Å². The fraction of sp³-hybridized carbons (Fsp3) is 0.600. The van der Waals surface area contributed by atoms with Gasteiger partial charge in [0.25, 0.3) is 0 Å². The van der Waals surface area contributed by atoms with Crippen LogP contribution in [0.25, 0.3) is 0 Å². The minimum Gasteiger partial charge on any atom is -0.352 e. The number of rotatable bonds is 4. The van der Waals surface area contributed by atoms with Crippen LogP contribution in [0.15, 0.2) is 9.72 Å². The molecular weight excluding hydrogens is 228 g/mol. The van der Waals surface area contributed by atoms with Crippen LogP contribution in [-0.4, -0.2) is 22.2 Å². The average molecular weight is 242 g/mol. The van der Waals surface area contributed by atoms with Crippen LogP contribution >= 0.6 is 23.1 Å². The molecule has 82 valence electrons. The molecule has 1 amide bonds. The third-order valence-electron chi connectivity index (χ3n) is 2.17. The van der Waals surface area contributed by atoms with E-state index in [-0.39, 0.29) is 11.2 Å². The molecule has 1 atom stereocenters. The number of thiazole rings is 1. The van der Waals surface area contributed by atoms with Crippen LogP contribution in [0.4, 0.5) is 0 Å². The van der Waals surface area contributed by atoms with Gasteiger partial charge in [-0.15, -0.1) is 11.3 Å². The number of thioether (sulfide) groups is 1. The van der Waals surface area contributed by atoms with E-state index in [0.29, 0.717) is 6.04 Å². The SMILES string of the molecule is Cc1csc(S[C@@H](C)C(=O)NC2CC2)n1. The Morgan fingerprint density at radius 3 is 3.00 bits per heavy atom. The number of carbonyl (C=O) groups is 1. The maximum absolute atomic E-state index is 11.6. The summed E-state index contributed by atoms with van der Waals surface area (Å²) in [4.78, 5) is 16.0. The molecule has 1 aliphatic rings. The maximum Gasteiger partial charge on any atom is 0.233 e. The molecule has 1 saturated carbocycles. The van der Waals surface area contributed by atoms with E-state index in [1.165, 1.54) is 11.8 Å². The second kappa shape index (κ2) is 4.53. The number of nitrogens with one attached hydrogen (secondary N) is 1. The number of aryl methyl sites for hydroxylation is 1. The van der Waals surface area contributed by atoms with E-state index in [2.05, 4.69) is 10.3 Å². The number of hydrogen-bond acceptors (Lipinski definition) is 4. The predicted molar refractivity (Wildman–Crippen MR) is 63.3 cm³/mol. The molecule has 0 radical (unpaired) electrons. The van der Waals surface area contributed by atoms with Crippen molar-refractivity contribution in [1.29, 1.82) is 0 Å². The summed E-state index contributed by atoms with van der Waals surface area (Å²) in [6.07, 6.45) is 2.28. The lowest BCUT2D eigenvalue weighted by Crippen LogP contribution is -2.32. The Balaban J connectivity index is 1.84. The van der Waals surface area contributed by atoms with E-state index in [9.17, 15) is 4.79 Å². The van der Waals surface area contributed by atoms with Crippen molar-refractivity contribution in [3.63, 3.8) is 0 Å². The van der Waals surface area contributed by atoms with Gasteiger partial charge in [0.1, 0.15) is 0 Å². The second-order valence-corrected chi connectivity index (χ2v) is 6.24. The number of aromatic nitrogens is 1. The van der Waals surface area contributed by atoms with E-state index < -0.39 is 0 Å². The van der Waals surface area contributed by atoms with Gasteiger partial charge in [0, 0.05) is 17.1 Å². The third-order valence-corrected chi connectivity index (χ3v) is 4.36. The summed E-state index contributed by atoms with van der Waals surface area (Å²) < 4.78 is 0.978. The molecule has 0 aromatic carbocycles. The van der Waals surface area contributed by atoms with Gasteiger partial charge in [0.15, 0.2) is 4.34 Å². The molecule has 1 heterocycles. The summed E-state index contributed by atoms with van der Waals surface area (Å²) in [5.74, 6) is 0.135. The molecule has 5 heteroatoms. The van der Waals surface area contributed by atoms with Gasteiger partial charge < -0.3 is 5.32 Å². The summed E-state index contributed by atoms with van der Waals surface area (Å²) in [7, 11) is 0. The second-order valence-electron chi connectivity index (χ2n) is 3.80. The minimum absolute atomic E-state index is 0.0452. The van der Waals surface area contributed by atoms with Gasteiger partial charge in [-0.1, -0.05) is 11.8 Å². The van der Waals surface area contributed by atoms with Crippen LogP contribution in [0, 0.1) is 6.92 Å². The summed E-state index contributed by atoms with van der Waals surface area (Å²) in [5, 5.41) is 4.96. The Kier molecular flexibility index (Phi) is 3.31. The van der Waals surface area contributed by atoms with Crippen LogP contribution in [0.2, 0.25) is 0 Å². The smallest absolute Gasteiger partial charge is 0.233 e. The zero-order valence-corrected chi connectivity index (χ0v) is 10.5. The molecular formula is C10H14N2OS2. The largest absolute Gasteiger partial charge is 0.352 e. The highest BCUT2D eigenvalue weighted by Gasteiger charge is 2.26. The summed E-state index contributed by atoms with van der Waals surface area (Å²) in [6, 6.07) is 0.443. The van der Waals surface area contributed by atoms with Gasteiger partial charge in [-0.2, -0.15) is 0 Å². The fourth-order valence-corrected chi connectivity index (χ4v) is 3.13. The van der Waals surface area contributed by atoms with E-state index >= 15 is 0 Å². The molecule has 1 fully saturated rings. The quantitative estimate of drug-likeness (QED) is 0.823. The Morgan fingerprint density at radius 1 is 1.73 bits per heavy atom. The average Bonchev–Trinajstić information content (AvgIpc) is 2.90. The van der Waals surface area contributed by atoms with E-state index in [4.69, 9.17) is 0 Å². The number of carbonyl (C=O) groups excluding carboxylic acids is 1. The Morgan fingerprint density at radius 2 is 2.47 bits per heavy atom. The summed E-state index contributed by atoms with van der Waals surface area (Å²) in [6.45, 7) is 3.90. The Labute approximate surface area is 97.7 Å². The van der Waals surface area contributed by atoms with Crippen molar-refractivity contribution in [1.82, 2.24) is 10.3 Å². The molecule has 0 bridgehead atoms. The molecule has 1 aromatic heterocycles. The van der Waals surface area contributed by atoms with Gasteiger partial charge in [-0.25, -0.2) is 4.98 Å². The minimum atomic E-state index is -0.0452. The lowest BCUT2D eigenvalue weighted by atomic mass is 10.4. The Bertz CT molecular complexity index is 360. The van der Waals surface area contributed by atoms with Crippen LogP contribution in [0.1, 0.15) is 25.5 Å². The zero-order chi connectivity index (χ0) is 10.8. The van der Waals surface area contributed by atoms with Gasteiger partial charge in [-0.3, -0.25) is 4.79 Å². The monoisotopic (exact) mass is 242 g/mol. The van der Waals surface area contributed by atoms with Crippen molar-refractivity contribution >= 4 is 29.0 Å². The van der Waals surface area contributed by atoms with Crippen LogP contribution in [0.3, 0.4) is 0 Å². The highest BCUT2D eigenvalue weighted by molar-refractivity contribution is 8.02. The molecule has 0 unspecified atom stereocenters. The lowest BCUT2D eigenvalue weighted by molar-refractivity contribution is -0.120. The number of nitrogens with zero attached hydrogens (tertiary/aromatic N) is 1. The van der Waals surface area contributed by atoms with Crippen molar-refractivity contribution < 1.29 is 4.79 Å². The van der Waals surface area contributed by atoms with Crippen LogP contribution in [0.5, 0.6) is 0 Å². The highest BCUT2D eigenvalue weighted by atomic mass is 32.2. The van der Waals surface area contributed by atoms with Gasteiger partial charge in [0.05, 0.1) is 5.25 Å². The lowest BCUT2D eigenvalue weighted by Gasteiger charge is -2.09. The first kappa shape index (κ1) is 11.0. The highest BCUT2D eigenvalue weighted by Crippen LogP contribution is 2.27. The first-order valence-corrected chi connectivity index (χ1v) is 6.80. The third kappa shape index (κ3) is 3.21. The van der Waals surface area contributed by atoms with E-state index in [1.54, 1.807) is 11.3 Å². The van der Waals surface area contributed by atoms with Crippen LogP contribution < -0.4 is 5.32 Å². The molecule has 1 aliphatic carbocycles. The van der Waals surface area contributed by atoms with Gasteiger partial charge >= 0.3 is 0 Å². The van der Waals surface area contributed by atoms with Crippen molar-refractivity contribution in [3.05, 3.63) is 11.1 Å². The number of amides is 1. The summed E-state index contributed by atoms with van der Waals surface area (Å²) >= 11 is 3.14. The van der Waals surface area contributed by atoms with Crippen molar-refractivity contribution in [3.8, 4) is 0 Å². The van der Waals surface area contributed by atoms with Crippen molar-refractivity contribution in [2.45, 2.75) is 42.3 Å². The van der Waals surface area contributed by atoms with Crippen LogP contribution in [-0.2, 0) is 4.79 Å². The maximum atomic E-state index is 11.6. The molecule has 0 aliphatic heterocycles. The first-order chi connectivity index (χ1) is 7.15. The molecule has 0 spiro atoms. The predicted octanol–water partition coefficient (Wildman–Crippen LogP) is 2.21. The zero-order valence-electron chi connectivity index (χ0n) is 8.82. The van der Waals surface area contributed by atoms with E-state index in [1.807, 2.05) is 19.2 Å².